The van der Waals surface area contributed by atoms with Gasteiger partial charge in [-0.15, -0.1) is 0 Å². The van der Waals surface area contributed by atoms with Gasteiger partial charge in [0.15, 0.2) is 0 Å². The molecular formula is C24H32N4O4. The number of benzene rings is 2. The van der Waals surface area contributed by atoms with Crippen LogP contribution in [0.4, 0.5) is 11.4 Å². The van der Waals surface area contributed by atoms with Gasteiger partial charge >= 0.3 is 0 Å². The van der Waals surface area contributed by atoms with Crippen LogP contribution >= 0.6 is 0 Å². The zero-order valence-electron chi connectivity index (χ0n) is 19.0. The average molecular weight is 441 g/mol. The van der Waals surface area contributed by atoms with Gasteiger partial charge in [0.05, 0.1) is 19.7 Å². The number of hydrogen-bond acceptors (Lipinski definition) is 5. The number of methoxy groups -OCH3 is 1. The number of anilines is 2. The van der Waals surface area contributed by atoms with Gasteiger partial charge in [-0.3, -0.25) is 19.3 Å². The van der Waals surface area contributed by atoms with Crippen molar-refractivity contribution < 1.29 is 19.1 Å². The molecule has 0 spiro atoms. The summed E-state index contributed by atoms with van der Waals surface area (Å²) in [6, 6.07) is 14.8. The third-order valence-corrected chi connectivity index (χ3v) is 5.17. The number of primary amides is 1. The zero-order chi connectivity index (χ0) is 23.5. The average Bonchev–Trinajstić information content (AvgIpc) is 2.76. The van der Waals surface area contributed by atoms with Crippen LogP contribution in [0, 0.1) is 13.8 Å². The molecule has 0 saturated heterocycles. The Morgan fingerprint density at radius 1 is 0.969 bits per heavy atom. The van der Waals surface area contributed by atoms with Gasteiger partial charge in [0.25, 0.3) is 0 Å². The van der Waals surface area contributed by atoms with Gasteiger partial charge in [-0.2, -0.15) is 0 Å². The molecule has 8 heteroatoms. The number of nitrogens with zero attached hydrogens (tertiary/aromatic N) is 2. The molecule has 32 heavy (non-hydrogen) atoms. The Morgan fingerprint density at radius 2 is 1.69 bits per heavy atom. The van der Waals surface area contributed by atoms with Crippen molar-refractivity contribution >= 4 is 29.1 Å². The second kappa shape index (κ2) is 12.6. The van der Waals surface area contributed by atoms with Gasteiger partial charge in [-0.1, -0.05) is 30.3 Å². The molecule has 0 bridgehead atoms. The molecule has 3 N–H and O–H groups in total. The van der Waals surface area contributed by atoms with E-state index in [1.807, 2.05) is 50.2 Å². The molecule has 0 aliphatic rings. The number of rotatable bonds is 12. The fraction of sp³-hybridized carbons (Fsp3) is 0.375. The number of nitrogens with one attached hydrogen (secondary N) is 1. The predicted molar refractivity (Wildman–Crippen MR) is 125 cm³/mol. The second-order valence-corrected chi connectivity index (χ2v) is 7.60. The molecule has 172 valence electrons. The number of nitrogens with two attached hydrogens (primary N) is 1. The van der Waals surface area contributed by atoms with Crippen LogP contribution < -0.4 is 16.0 Å². The summed E-state index contributed by atoms with van der Waals surface area (Å²) in [5.41, 5.74) is 8.80. The molecular weight excluding hydrogens is 408 g/mol. The minimum absolute atomic E-state index is 0.00274. The fourth-order valence-corrected chi connectivity index (χ4v) is 3.22. The summed E-state index contributed by atoms with van der Waals surface area (Å²) >= 11 is 0. The van der Waals surface area contributed by atoms with E-state index in [1.54, 1.807) is 24.1 Å². The van der Waals surface area contributed by atoms with Crippen LogP contribution in [0.5, 0.6) is 0 Å². The molecule has 0 heterocycles. The Hall–Kier alpha value is -3.23. The van der Waals surface area contributed by atoms with Crippen molar-refractivity contribution in [3.05, 3.63) is 59.7 Å². The Labute approximate surface area is 189 Å². The van der Waals surface area contributed by atoms with Gasteiger partial charge in [0.1, 0.15) is 0 Å². The number of aryl methyl sites for hydroxylation is 1. The quantitative estimate of drug-likeness (QED) is 0.526. The first-order chi connectivity index (χ1) is 15.3. The smallest absolute Gasteiger partial charge is 0.241 e. The zero-order valence-corrected chi connectivity index (χ0v) is 19.0. The third-order valence-electron chi connectivity index (χ3n) is 5.17. The van der Waals surface area contributed by atoms with Crippen LogP contribution in [0.2, 0.25) is 0 Å². The maximum atomic E-state index is 13.1. The normalized spacial score (nSPS) is 10.8. The number of para-hydroxylation sites is 1. The summed E-state index contributed by atoms with van der Waals surface area (Å²) in [4.78, 5) is 40.4. The highest BCUT2D eigenvalue weighted by Gasteiger charge is 2.21. The molecule has 0 saturated carbocycles. The SMILES string of the molecule is COCCN(CC(=O)Nc1cccc(C)c1C)CC(=O)N(CCC(N)=O)c1ccccc1. The van der Waals surface area contributed by atoms with E-state index in [2.05, 4.69) is 5.32 Å². The minimum Gasteiger partial charge on any atom is -0.383 e. The van der Waals surface area contributed by atoms with Crippen LogP contribution in [0.1, 0.15) is 17.5 Å². The molecule has 3 amide bonds. The second-order valence-electron chi connectivity index (χ2n) is 7.60. The van der Waals surface area contributed by atoms with Gasteiger partial charge in [0.2, 0.25) is 17.7 Å². The molecule has 8 nitrogen and oxygen atoms in total. The summed E-state index contributed by atoms with van der Waals surface area (Å²) in [5, 5.41) is 2.92. The van der Waals surface area contributed by atoms with E-state index >= 15 is 0 Å². The first kappa shape index (κ1) is 25.0. The van der Waals surface area contributed by atoms with Crippen molar-refractivity contribution in [2.24, 2.45) is 5.73 Å². The topological polar surface area (TPSA) is 105 Å². The number of amides is 3. The lowest BCUT2D eigenvalue weighted by molar-refractivity contribution is -0.121. The largest absolute Gasteiger partial charge is 0.383 e. The number of carbonyl (C=O) groups is 3. The predicted octanol–water partition coefficient (Wildman–Crippen LogP) is 2.10. The van der Waals surface area contributed by atoms with Gasteiger partial charge < -0.3 is 20.7 Å². The molecule has 2 aromatic rings. The van der Waals surface area contributed by atoms with Crippen molar-refractivity contribution in [3.63, 3.8) is 0 Å². The lowest BCUT2D eigenvalue weighted by Crippen LogP contribution is -2.45. The van der Waals surface area contributed by atoms with Crippen molar-refractivity contribution in [3.8, 4) is 0 Å². The molecule has 0 aliphatic heterocycles. The van der Waals surface area contributed by atoms with E-state index in [0.29, 0.717) is 18.8 Å². The molecule has 2 rings (SSSR count). The third kappa shape index (κ3) is 7.79. The number of hydrogen-bond donors (Lipinski definition) is 2. The first-order valence-corrected chi connectivity index (χ1v) is 10.5. The molecule has 0 unspecified atom stereocenters. The lowest BCUT2D eigenvalue weighted by atomic mass is 10.1. The maximum Gasteiger partial charge on any atom is 0.241 e. The van der Waals surface area contributed by atoms with Crippen molar-refractivity contribution in [2.75, 3.05) is 50.1 Å². The monoisotopic (exact) mass is 440 g/mol. The van der Waals surface area contributed by atoms with Crippen LogP contribution in [-0.4, -0.2) is 62.5 Å². The van der Waals surface area contributed by atoms with E-state index in [0.717, 1.165) is 16.8 Å². The van der Waals surface area contributed by atoms with Crippen LogP contribution in [0.3, 0.4) is 0 Å². The minimum atomic E-state index is -0.483. The van der Waals surface area contributed by atoms with E-state index in [1.165, 1.54) is 4.90 Å². The molecule has 0 radical (unpaired) electrons. The summed E-state index contributed by atoms with van der Waals surface area (Å²) < 4.78 is 5.15. The molecule has 2 aromatic carbocycles. The lowest BCUT2D eigenvalue weighted by Gasteiger charge is -2.27. The highest BCUT2D eigenvalue weighted by Crippen LogP contribution is 2.18. The molecule has 0 atom stereocenters. The van der Waals surface area contributed by atoms with Crippen molar-refractivity contribution in [1.29, 1.82) is 0 Å². The van der Waals surface area contributed by atoms with E-state index in [4.69, 9.17) is 10.5 Å². The van der Waals surface area contributed by atoms with E-state index in [9.17, 15) is 14.4 Å². The van der Waals surface area contributed by atoms with Crippen molar-refractivity contribution in [2.45, 2.75) is 20.3 Å². The van der Waals surface area contributed by atoms with Gasteiger partial charge in [0, 0.05) is 38.0 Å². The Kier molecular flexibility index (Phi) is 9.84. The number of carbonyl (C=O) groups excluding carboxylic acids is 3. The maximum absolute atomic E-state index is 13.1. The number of ether oxygens (including phenoxy) is 1. The van der Waals surface area contributed by atoms with E-state index < -0.39 is 5.91 Å². The van der Waals surface area contributed by atoms with Gasteiger partial charge in [-0.05, 0) is 43.2 Å². The van der Waals surface area contributed by atoms with Crippen molar-refractivity contribution in [1.82, 2.24) is 4.90 Å². The van der Waals surface area contributed by atoms with E-state index in [-0.39, 0.29) is 37.9 Å². The molecule has 0 aromatic heterocycles. The summed E-state index contributed by atoms with van der Waals surface area (Å²) in [7, 11) is 1.57. The summed E-state index contributed by atoms with van der Waals surface area (Å²) in [6.45, 7) is 4.91. The molecule has 0 aliphatic carbocycles. The van der Waals surface area contributed by atoms with Crippen LogP contribution in [-0.2, 0) is 19.1 Å². The standard InChI is InChI=1S/C24H32N4O4/c1-18-8-7-11-21(19(18)2)26-23(30)16-27(14-15-32-3)17-24(31)28(13-12-22(25)29)20-9-5-4-6-10-20/h4-11H,12-17H2,1-3H3,(H2,25,29)(H,26,30). The van der Waals surface area contributed by atoms with Crippen LogP contribution in [0.25, 0.3) is 0 Å². The highest BCUT2D eigenvalue weighted by molar-refractivity contribution is 5.97. The summed E-state index contributed by atoms with van der Waals surface area (Å²) in [6.07, 6.45) is 0.0474. The Bertz CT molecular complexity index is 917. The highest BCUT2D eigenvalue weighted by atomic mass is 16.5. The molecule has 0 fully saturated rings. The van der Waals surface area contributed by atoms with Crippen LogP contribution in [0.15, 0.2) is 48.5 Å². The fourth-order valence-electron chi connectivity index (χ4n) is 3.22. The Morgan fingerprint density at radius 3 is 2.34 bits per heavy atom. The first-order valence-electron chi connectivity index (χ1n) is 10.5. The summed E-state index contributed by atoms with van der Waals surface area (Å²) in [5.74, 6) is -0.929. The van der Waals surface area contributed by atoms with Gasteiger partial charge in [-0.25, -0.2) is 0 Å². The Balaban J connectivity index is 2.10.